The second-order valence-electron chi connectivity index (χ2n) is 7.59. The minimum atomic E-state index is -0.788. The van der Waals surface area contributed by atoms with Crippen molar-refractivity contribution in [3.8, 4) is 0 Å². The number of aliphatic hydroxyl groups excluding tert-OH is 2. The Kier molecular flexibility index (Phi) is 6.61. The van der Waals surface area contributed by atoms with Crippen LogP contribution in [0, 0.1) is 30.3 Å². The zero-order chi connectivity index (χ0) is 18.3. The van der Waals surface area contributed by atoms with Crippen molar-refractivity contribution in [2.45, 2.75) is 70.2 Å². The zero-order valence-electron chi connectivity index (χ0n) is 16.6. The van der Waals surface area contributed by atoms with E-state index >= 15 is 0 Å². The minimum absolute atomic E-state index is 0. The fourth-order valence-corrected chi connectivity index (χ4v) is 4.39. The fraction of sp³-hybridized carbons (Fsp3) is 0.941. The molecule has 6 nitrogen and oxygen atoms in total. The van der Waals surface area contributed by atoms with E-state index in [2.05, 4.69) is 6.92 Å². The molecule has 3 aliphatic rings. The Morgan fingerprint density at radius 2 is 1.96 bits per heavy atom. The number of ether oxygens (including phenoxy) is 3. The first-order valence-corrected chi connectivity index (χ1v) is 8.64. The van der Waals surface area contributed by atoms with Gasteiger partial charge >= 0.3 is 2.86 Å². The molecule has 1 aliphatic carbocycles. The summed E-state index contributed by atoms with van der Waals surface area (Å²) in [6, 6.07) is 0. The molecule has 0 spiro atoms. The van der Waals surface area contributed by atoms with Gasteiger partial charge in [0.1, 0.15) is 12.9 Å². The molecule has 10 atom stereocenters. The molecule has 4 N–H and O–H groups in total. The third-order valence-electron chi connectivity index (χ3n) is 5.99. The van der Waals surface area contributed by atoms with E-state index in [1.165, 1.54) is 0 Å². The molecule has 3 fully saturated rings. The Morgan fingerprint density at radius 3 is 2.67 bits per heavy atom. The largest absolute Gasteiger partial charge is 0.530 e. The number of hydrogen-bond donors (Lipinski definition) is 2. The van der Waals surface area contributed by atoms with Crippen LogP contribution < -0.4 is 0 Å². The Labute approximate surface area is 172 Å². The Balaban J connectivity index is 0.00000243. The van der Waals surface area contributed by atoms with Crippen molar-refractivity contribution in [1.29, 1.82) is 2.86 Å². The van der Waals surface area contributed by atoms with Crippen LogP contribution in [-0.4, -0.2) is 61.6 Å². The predicted molar refractivity (Wildman–Crippen MR) is 83.4 cm³/mol. The molecule has 137 valence electrons. The normalized spacial score (nSPS) is 53.6. The molecule has 7 heteroatoms. The SMILES string of the molecule is [3H][O+]([3H])C1[C@H]2OCO[CH-]C2O[C@@H](C[C@H]2C(C)CC(C)C(O)C2O)[C@@H]1C.[Y]. The van der Waals surface area contributed by atoms with Crippen LogP contribution in [-0.2, 0) is 46.9 Å². The van der Waals surface area contributed by atoms with E-state index < -0.39 is 30.5 Å². The first kappa shape index (κ1) is 18.2. The summed E-state index contributed by atoms with van der Waals surface area (Å²) in [6.07, 6.45) is -1.78. The van der Waals surface area contributed by atoms with E-state index in [1.807, 2.05) is 13.8 Å². The molecule has 2 aliphatic heterocycles. The summed E-state index contributed by atoms with van der Waals surface area (Å²) >= 11 is 0. The van der Waals surface area contributed by atoms with Crippen LogP contribution in [0.4, 0.5) is 0 Å². The molecule has 0 aromatic rings. The van der Waals surface area contributed by atoms with Gasteiger partial charge in [-0.25, -0.2) is 0 Å². The molecular weight excluding hydrogens is 389 g/mol. The molecule has 0 aromatic heterocycles. The maximum atomic E-state index is 10.6. The van der Waals surface area contributed by atoms with Crippen molar-refractivity contribution in [2.75, 3.05) is 6.79 Å². The fourth-order valence-electron chi connectivity index (χ4n) is 4.39. The average molecular weight is 423 g/mol. The quantitative estimate of drug-likeness (QED) is 0.507. The van der Waals surface area contributed by atoms with Gasteiger partial charge in [0.2, 0.25) is 0 Å². The maximum absolute atomic E-state index is 10.6. The van der Waals surface area contributed by atoms with Crippen LogP contribution in [0.5, 0.6) is 0 Å². The van der Waals surface area contributed by atoms with E-state index in [1.54, 1.807) is 11.7 Å². The van der Waals surface area contributed by atoms with Gasteiger partial charge in [0.15, 0.2) is 6.10 Å². The van der Waals surface area contributed by atoms with Crippen molar-refractivity contribution < 1.29 is 62.2 Å². The van der Waals surface area contributed by atoms with Gasteiger partial charge in [0, 0.05) is 32.7 Å². The smallest absolute Gasteiger partial charge is 0.487 e. The Hall–Kier alpha value is 0.864. The second-order valence-corrected chi connectivity index (χ2v) is 7.59. The van der Waals surface area contributed by atoms with Gasteiger partial charge in [-0.1, -0.05) is 20.8 Å². The Morgan fingerprint density at radius 1 is 1.21 bits per heavy atom. The van der Waals surface area contributed by atoms with Gasteiger partial charge in [-0.3, -0.25) is 0 Å². The van der Waals surface area contributed by atoms with Crippen molar-refractivity contribution >= 4 is 0 Å². The second kappa shape index (κ2) is 8.70. The number of hydrogen-bond acceptors (Lipinski definition) is 5. The van der Waals surface area contributed by atoms with Gasteiger partial charge in [0.25, 0.3) is 0 Å². The summed E-state index contributed by atoms with van der Waals surface area (Å²) in [4.78, 5) is 0. The van der Waals surface area contributed by atoms with Gasteiger partial charge in [-0.2, -0.15) is 6.61 Å². The van der Waals surface area contributed by atoms with Crippen LogP contribution in [0.3, 0.4) is 0 Å². The van der Waals surface area contributed by atoms with Crippen LogP contribution in [0.15, 0.2) is 0 Å². The van der Waals surface area contributed by atoms with Crippen molar-refractivity contribution in [3.63, 3.8) is 0 Å². The molecule has 2 saturated heterocycles. The standard InChI is InChI=1S/C17H29O6.Y/c1-8-4-9(2)14(18)16(20)11(8)5-12-10(3)15(19)17-13(23-12)6-21-7-22-17;/h6,8-20H,4-5,7H2,1-3H3;/q-1;/p+1/t8?,9?,10-,11-,12-,13?,14?,15?,16?,17-;/m0./s1/i19T;/hT. The molecular formula is C17H30O6Y. The first-order valence-electron chi connectivity index (χ1n) is 9.45. The van der Waals surface area contributed by atoms with Gasteiger partial charge in [-0.15, -0.1) is 0 Å². The Bertz CT molecular complexity index is 459. The molecule has 0 bridgehead atoms. The van der Waals surface area contributed by atoms with E-state index in [9.17, 15) is 10.2 Å². The number of aliphatic hydroxyl groups is 2. The molecule has 2 heterocycles. The van der Waals surface area contributed by atoms with E-state index in [-0.39, 0.29) is 69.3 Å². The molecule has 1 saturated carbocycles. The van der Waals surface area contributed by atoms with Gasteiger partial charge in [0.05, 0.1) is 24.2 Å². The molecule has 24 heavy (non-hydrogen) atoms. The summed E-state index contributed by atoms with van der Waals surface area (Å²) in [5.74, 6) is 0.0999. The third-order valence-corrected chi connectivity index (χ3v) is 5.99. The molecule has 6 unspecified atom stereocenters. The van der Waals surface area contributed by atoms with Crippen LogP contribution >= 0.6 is 0 Å². The van der Waals surface area contributed by atoms with Crippen LogP contribution in [0.1, 0.15) is 33.6 Å². The maximum Gasteiger partial charge on any atom is 0.487 e. The summed E-state index contributed by atoms with van der Waals surface area (Å²) in [5, 5.41) is 22.4. The van der Waals surface area contributed by atoms with Crippen LogP contribution in [0.2, 0.25) is 0 Å². The zero-order valence-corrected chi connectivity index (χ0v) is 17.4. The van der Waals surface area contributed by atoms with Gasteiger partial charge in [-0.05, 0) is 36.7 Å². The molecule has 0 aromatic carbocycles. The van der Waals surface area contributed by atoms with Crippen molar-refractivity contribution in [2.24, 2.45) is 23.7 Å². The molecule has 3 rings (SSSR count). The predicted octanol–water partition coefficient (Wildman–Crippen LogP) is 0.419. The summed E-state index contributed by atoms with van der Waals surface area (Å²) in [6.45, 7) is 7.66. The topological polar surface area (TPSA) is 91.1 Å². The van der Waals surface area contributed by atoms with Crippen LogP contribution in [0.25, 0.3) is 0 Å². The van der Waals surface area contributed by atoms with Crippen molar-refractivity contribution in [1.82, 2.24) is 0 Å². The van der Waals surface area contributed by atoms with Crippen molar-refractivity contribution in [3.05, 3.63) is 6.61 Å². The molecule has 1 radical (unpaired) electrons. The summed E-state index contributed by atoms with van der Waals surface area (Å²) in [7, 11) is 0. The average Bonchev–Trinajstić information content (AvgIpc) is 2.56. The van der Waals surface area contributed by atoms with E-state index in [0.29, 0.717) is 6.42 Å². The number of rotatable bonds is 3. The summed E-state index contributed by atoms with van der Waals surface area (Å²) in [5.41, 5.74) is 0. The number of fused-ring (bicyclic) bond motifs is 1. The monoisotopic (exact) mass is 423 g/mol. The molecule has 0 amide bonds. The van der Waals surface area contributed by atoms with E-state index in [4.69, 9.17) is 17.1 Å². The van der Waals surface area contributed by atoms with Gasteiger partial charge < -0.3 is 29.5 Å². The minimum Gasteiger partial charge on any atom is -0.530 e. The third kappa shape index (κ3) is 4.06. The first-order chi connectivity index (χ1) is 11.8. The van der Waals surface area contributed by atoms with E-state index in [0.717, 1.165) is 6.42 Å². The summed E-state index contributed by atoms with van der Waals surface area (Å²) < 4.78 is 32.3.